The van der Waals surface area contributed by atoms with E-state index in [0.29, 0.717) is 22.1 Å². The van der Waals surface area contributed by atoms with Gasteiger partial charge in [0.2, 0.25) is 0 Å². The standard InChI is InChI=1S/C19H15ClN8O/c1-11-3-4-12(20)9-13(11)16-14(10-24-27(16)8-5-21)25-19(29)15-17(22)26-28-7-2-6-23-18(15)28/h2-4,6-7,9-10H,8H2,1H3,(H2,22,26)(H,25,29). The molecule has 0 saturated heterocycles. The SMILES string of the molecule is Cc1ccc(Cl)cc1-c1c(NC(=O)c2c(N)nn3cccnc23)cnn1CC#N. The molecule has 0 fully saturated rings. The third-order valence-corrected chi connectivity index (χ3v) is 4.65. The number of halogens is 1. The average Bonchev–Trinajstić information content (AvgIpc) is 3.23. The van der Waals surface area contributed by atoms with Crippen LogP contribution in [-0.2, 0) is 6.54 Å². The van der Waals surface area contributed by atoms with Crippen LogP contribution in [0.5, 0.6) is 0 Å². The van der Waals surface area contributed by atoms with Gasteiger partial charge in [-0.15, -0.1) is 5.10 Å². The van der Waals surface area contributed by atoms with E-state index in [-0.39, 0.29) is 17.9 Å². The number of nitriles is 1. The average molecular weight is 407 g/mol. The number of aromatic nitrogens is 5. The second-order valence-electron chi connectivity index (χ2n) is 6.28. The first-order valence-electron chi connectivity index (χ1n) is 8.59. The van der Waals surface area contributed by atoms with Gasteiger partial charge in [-0.1, -0.05) is 17.7 Å². The summed E-state index contributed by atoms with van der Waals surface area (Å²) < 4.78 is 2.94. The molecule has 9 nitrogen and oxygen atoms in total. The van der Waals surface area contributed by atoms with E-state index in [2.05, 4.69) is 26.6 Å². The number of hydrogen-bond donors (Lipinski definition) is 2. The fourth-order valence-corrected chi connectivity index (χ4v) is 3.28. The van der Waals surface area contributed by atoms with Crippen LogP contribution in [-0.4, -0.2) is 30.3 Å². The molecule has 1 aromatic carbocycles. The fourth-order valence-electron chi connectivity index (χ4n) is 3.10. The number of nitrogen functional groups attached to an aromatic ring is 1. The first kappa shape index (κ1) is 18.5. The Morgan fingerprint density at radius 3 is 3.03 bits per heavy atom. The van der Waals surface area contributed by atoms with E-state index in [4.69, 9.17) is 22.6 Å². The van der Waals surface area contributed by atoms with E-state index >= 15 is 0 Å². The molecule has 3 N–H and O–H groups in total. The van der Waals surface area contributed by atoms with Crippen molar-refractivity contribution in [3.05, 3.63) is 59.0 Å². The molecule has 29 heavy (non-hydrogen) atoms. The second-order valence-corrected chi connectivity index (χ2v) is 6.72. The summed E-state index contributed by atoms with van der Waals surface area (Å²) in [6, 6.07) is 9.16. The molecular formula is C19H15ClN8O. The molecule has 1 amide bonds. The zero-order valence-corrected chi connectivity index (χ0v) is 16.1. The van der Waals surface area contributed by atoms with Gasteiger partial charge < -0.3 is 11.1 Å². The Morgan fingerprint density at radius 1 is 1.41 bits per heavy atom. The summed E-state index contributed by atoms with van der Waals surface area (Å²) in [5.41, 5.74) is 9.11. The molecular weight excluding hydrogens is 392 g/mol. The second kappa shape index (κ2) is 7.26. The van der Waals surface area contributed by atoms with Gasteiger partial charge in [-0.3, -0.25) is 4.79 Å². The summed E-state index contributed by atoms with van der Waals surface area (Å²) in [6.07, 6.45) is 4.69. The van der Waals surface area contributed by atoms with E-state index in [0.717, 1.165) is 11.1 Å². The number of rotatable bonds is 4. The van der Waals surface area contributed by atoms with Crippen LogP contribution in [0.4, 0.5) is 11.5 Å². The van der Waals surface area contributed by atoms with Crippen molar-refractivity contribution in [1.29, 1.82) is 5.26 Å². The number of benzene rings is 1. The van der Waals surface area contributed by atoms with Crippen molar-refractivity contribution >= 4 is 34.7 Å². The number of nitrogens with one attached hydrogen (secondary N) is 1. The monoisotopic (exact) mass is 406 g/mol. The van der Waals surface area contributed by atoms with Crippen LogP contribution in [0.2, 0.25) is 5.02 Å². The van der Waals surface area contributed by atoms with Crippen molar-refractivity contribution < 1.29 is 4.79 Å². The Hall–Kier alpha value is -3.90. The molecule has 0 aliphatic rings. The van der Waals surface area contributed by atoms with Crippen molar-refractivity contribution in [3.8, 4) is 17.3 Å². The lowest BCUT2D eigenvalue weighted by atomic mass is 10.0. The van der Waals surface area contributed by atoms with Gasteiger partial charge >= 0.3 is 0 Å². The van der Waals surface area contributed by atoms with Gasteiger partial charge in [-0.2, -0.15) is 10.4 Å². The Morgan fingerprint density at radius 2 is 2.24 bits per heavy atom. The molecule has 0 radical (unpaired) electrons. The predicted octanol–water partition coefficient (Wildman–Crippen LogP) is 2.91. The van der Waals surface area contributed by atoms with Gasteiger partial charge in [0.1, 0.15) is 12.1 Å². The summed E-state index contributed by atoms with van der Waals surface area (Å²) in [7, 11) is 0. The molecule has 0 saturated carbocycles. The van der Waals surface area contributed by atoms with Crippen LogP contribution < -0.4 is 11.1 Å². The molecule has 3 heterocycles. The lowest BCUT2D eigenvalue weighted by Gasteiger charge is -2.12. The number of nitrogens with zero attached hydrogens (tertiary/aromatic N) is 6. The molecule has 0 aliphatic heterocycles. The highest BCUT2D eigenvalue weighted by Gasteiger charge is 2.22. The number of carbonyl (C=O) groups is 1. The van der Waals surface area contributed by atoms with E-state index < -0.39 is 5.91 Å². The van der Waals surface area contributed by atoms with Crippen LogP contribution in [0, 0.1) is 18.3 Å². The van der Waals surface area contributed by atoms with Crippen LogP contribution in [0.25, 0.3) is 16.9 Å². The van der Waals surface area contributed by atoms with Crippen molar-refractivity contribution in [2.45, 2.75) is 13.5 Å². The molecule has 144 valence electrons. The third-order valence-electron chi connectivity index (χ3n) is 4.41. The number of nitrogens with two attached hydrogens (primary N) is 1. The maximum atomic E-state index is 13.0. The van der Waals surface area contributed by atoms with E-state index in [9.17, 15) is 4.79 Å². The molecule has 0 bridgehead atoms. The van der Waals surface area contributed by atoms with Crippen molar-refractivity contribution in [2.24, 2.45) is 0 Å². The molecule has 0 spiro atoms. The maximum Gasteiger partial charge on any atom is 0.263 e. The smallest absolute Gasteiger partial charge is 0.263 e. The molecule has 4 aromatic rings. The highest BCUT2D eigenvalue weighted by molar-refractivity contribution is 6.31. The molecule has 4 rings (SSSR count). The Labute approximate surface area is 170 Å². The molecule has 0 aliphatic carbocycles. The number of amides is 1. The lowest BCUT2D eigenvalue weighted by Crippen LogP contribution is -2.14. The molecule has 10 heteroatoms. The first-order chi connectivity index (χ1) is 14.0. The van der Waals surface area contributed by atoms with E-state index in [1.165, 1.54) is 15.4 Å². The van der Waals surface area contributed by atoms with Crippen molar-refractivity contribution in [2.75, 3.05) is 11.1 Å². The van der Waals surface area contributed by atoms with Crippen LogP contribution >= 0.6 is 11.6 Å². The lowest BCUT2D eigenvalue weighted by molar-refractivity contribution is 0.102. The number of anilines is 2. The summed E-state index contributed by atoms with van der Waals surface area (Å²) in [4.78, 5) is 17.2. The predicted molar refractivity (Wildman–Crippen MR) is 108 cm³/mol. The number of hydrogen-bond acceptors (Lipinski definition) is 6. The van der Waals surface area contributed by atoms with Gasteiger partial charge in [0, 0.05) is 23.0 Å². The highest BCUT2D eigenvalue weighted by Crippen LogP contribution is 2.33. The zero-order valence-electron chi connectivity index (χ0n) is 15.3. The van der Waals surface area contributed by atoms with Crippen molar-refractivity contribution in [3.63, 3.8) is 0 Å². The minimum absolute atomic E-state index is 0.0115. The minimum Gasteiger partial charge on any atom is -0.381 e. The van der Waals surface area contributed by atoms with Crippen molar-refractivity contribution in [1.82, 2.24) is 24.4 Å². The van der Waals surface area contributed by atoms with Gasteiger partial charge in [-0.25, -0.2) is 14.2 Å². The molecule has 0 atom stereocenters. The van der Waals surface area contributed by atoms with Crippen LogP contribution in [0.1, 0.15) is 15.9 Å². The van der Waals surface area contributed by atoms with Crippen LogP contribution in [0.15, 0.2) is 42.9 Å². The highest BCUT2D eigenvalue weighted by atomic mass is 35.5. The number of aryl methyl sites for hydroxylation is 1. The van der Waals surface area contributed by atoms with Crippen LogP contribution in [0.3, 0.4) is 0 Å². The fraction of sp³-hybridized carbons (Fsp3) is 0.105. The van der Waals surface area contributed by atoms with Gasteiger partial charge in [0.05, 0.1) is 23.6 Å². The van der Waals surface area contributed by atoms with Gasteiger partial charge in [-0.05, 0) is 30.7 Å². The normalized spacial score (nSPS) is 10.8. The van der Waals surface area contributed by atoms with Gasteiger partial charge in [0.25, 0.3) is 5.91 Å². The third kappa shape index (κ3) is 3.26. The largest absolute Gasteiger partial charge is 0.381 e. The quantitative estimate of drug-likeness (QED) is 0.536. The van der Waals surface area contributed by atoms with Gasteiger partial charge in [0.15, 0.2) is 11.5 Å². The zero-order chi connectivity index (χ0) is 20.5. The number of carbonyl (C=O) groups excluding carboxylic acids is 1. The van der Waals surface area contributed by atoms with E-state index in [1.807, 2.05) is 13.0 Å². The summed E-state index contributed by atoms with van der Waals surface area (Å²) in [6.45, 7) is 1.92. The topological polar surface area (TPSA) is 127 Å². The Kier molecular flexibility index (Phi) is 4.62. The molecule has 0 unspecified atom stereocenters. The Balaban J connectivity index is 1.80. The minimum atomic E-state index is -0.478. The maximum absolute atomic E-state index is 13.0. The summed E-state index contributed by atoms with van der Waals surface area (Å²) in [5, 5.41) is 20.9. The summed E-state index contributed by atoms with van der Waals surface area (Å²) in [5.74, 6) is -0.417. The Bertz CT molecular complexity index is 1280. The molecule has 3 aromatic heterocycles. The number of fused-ring (bicyclic) bond motifs is 1. The van der Waals surface area contributed by atoms with E-state index in [1.54, 1.807) is 30.6 Å². The summed E-state index contributed by atoms with van der Waals surface area (Å²) >= 11 is 6.17. The first-order valence-corrected chi connectivity index (χ1v) is 8.97.